The van der Waals surface area contributed by atoms with Crippen LogP contribution in [0.25, 0.3) is 0 Å². The maximum absolute atomic E-state index is 11.5. The van der Waals surface area contributed by atoms with E-state index in [9.17, 15) is 4.79 Å². The van der Waals surface area contributed by atoms with Gasteiger partial charge in [0.05, 0.1) is 13.2 Å². The Labute approximate surface area is 102 Å². The van der Waals surface area contributed by atoms with Crippen LogP contribution in [0.3, 0.4) is 0 Å². The number of methoxy groups -OCH3 is 1. The first-order chi connectivity index (χ1) is 8.17. The van der Waals surface area contributed by atoms with Crippen LogP contribution in [0.4, 0.5) is 0 Å². The minimum Gasteiger partial charge on any atom is -0.497 e. The van der Waals surface area contributed by atoms with Crippen molar-refractivity contribution in [1.29, 1.82) is 0 Å². The van der Waals surface area contributed by atoms with E-state index >= 15 is 0 Å². The van der Waals surface area contributed by atoms with Gasteiger partial charge >= 0.3 is 0 Å². The van der Waals surface area contributed by atoms with Crippen LogP contribution in [0.1, 0.15) is 24.9 Å². The molecule has 0 bridgehead atoms. The van der Waals surface area contributed by atoms with E-state index in [1.54, 1.807) is 7.11 Å². The van der Waals surface area contributed by atoms with Crippen LogP contribution in [0.15, 0.2) is 24.3 Å². The SMILES string of the molecule is CNCCC(=O)N[C@@H](C)c1ccc(OC)cc1. The highest BCUT2D eigenvalue weighted by Gasteiger charge is 2.08. The molecular formula is C13H20N2O2. The molecule has 1 aromatic rings. The van der Waals surface area contributed by atoms with Crippen LogP contribution < -0.4 is 15.4 Å². The summed E-state index contributed by atoms with van der Waals surface area (Å²) in [5, 5.41) is 5.90. The molecule has 17 heavy (non-hydrogen) atoms. The van der Waals surface area contributed by atoms with Crippen LogP contribution >= 0.6 is 0 Å². The monoisotopic (exact) mass is 236 g/mol. The highest BCUT2D eigenvalue weighted by Crippen LogP contribution is 2.17. The molecule has 0 fully saturated rings. The third-order valence-corrected chi connectivity index (χ3v) is 2.60. The minimum absolute atomic E-state index is 0.0188. The van der Waals surface area contributed by atoms with Crippen molar-refractivity contribution in [3.8, 4) is 5.75 Å². The van der Waals surface area contributed by atoms with Crippen molar-refractivity contribution in [3.63, 3.8) is 0 Å². The topological polar surface area (TPSA) is 50.4 Å². The summed E-state index contributed by atoms with van der Waals surface area (Å²) >= 11 is 0. The molecule has 0 heterocycles. The van der Waals surface area contributed by atoms with Gasteiger partial charge in [-0.3, -0.25) is 4.79 Å². The molecule has 1 rings (SSSR count). The van der Waals surface area contributed by atoms with Crippen LogP contribution in [0.5, 0.6) is 5.75 Å². The zero-order chi connectivity index (χ0) is 12.7. The Kier molecular flexibility index (Phi) is 5.49. The maximum atomic E-state index is 11.5. The second-order valence-corrected chi connectivity index (χ2v) is 3.92. The normalized spacial score (nSPS) is 11.9. The maximum Gasteiger partial charge on any atom is 0.221 e. The lowest BCUT2D eigenvalue weighted by atomic mass is 10.1. The molecule has 1 atom stereocenters. The summed E-state index contributed by atoms with van der Waals surface area (Å²) in [6.45, 7) is 2.67. The summed E-state index contributed by atoms with van der Waals surface area (Å²) < 4.78 is 5.09. The van der Waals surface area contributed by atoms with Gasteiger partial charge in [-0.25, -0.2) is 0 Å². The number of ether oxygens (including phenoxy) is 1. The van der Waals surface area contributed by atoms with E-state index in [-0.39, 0.29) is 11.9 Å². The average molecular weight is 236 g/mol. The first-order valence-electron chi connectivity index (χ1n) is 5.75. The Morgan fingerprint density at radius 1 is 1.35 bits per heavy atom. The fourth-order valence-corrected chi connectivity index (χ4v) is 1.53. The van der Waals surface area contributed by atoms with Gasteiger partial charge in [0.2, 0.25) is 5.91 Å². The van der Waals surface area contributed by atoms with Gasteiger partial charge < -0.3 is 15.4 Å². The zero-order valence-corrected chi connectivity index (χ0v) is 10.6. The molecule has 0 saturated carbocycles. The van der Waals surface area contributed by atoms with Gasteiger partial charge in [0.25, 0.3) is 0 Å². The van der Waals surface area contributed by atoms with Crippen LogP contribution in [0.2, 0.25) is 0 Å². The lowest BCUT2D eigenvalue weighted by molar-refractivity contribution is -0.121. The number of carbonyl (C=O) groups excluding carboxylic acids is 1. The van der Waals surface area contributed by atoms with E-state index in [1.165, 1.54) is 0 Å². The molecule has 4 nitrogen and oxygen atoms in total. The highest BCUT2D eigenvalue weighted by atomic mass is 16.5. The van der Waals surface area contributed by atoms with Gasteiger partial charge in [0.15, 0.2) is 0 Å². The molecule has 0 aromatic heterocycles. The molecule has 0 aliphatic rings. The van der Waals surface area contributed by atoms with Crippen molar-refractivity contribution in [1.82, 2.24) is 10.6 Å². The Morgan fingerprint density at radius 3 is 2.53 bits per heavy atom. The van der Waals surface area contributed by atoms with E-state index < -0.39 is 0 Å². The smallest absolute Gasteiger partial charge is 0.221 e. The number of benzene rings is 1. The highest BCUT2D eigenvalue weighted by molar-refractivity contribution is 5.76. The molecule has 1 amide bonds. The van der Waals surface area contributed by atoms with Crippen molar-refractivity contribution in [2.75, 3.05) is 20.7 Å². The van der Waals surface area contributed by atoms with E-state index in [0.29, 0.717) is 13.0 Å². The molecule has 4 heteroatoms. The standard InChI is InChI=1S/C13H20N2O2/c1-10(15-13(16)8-9-14-2)11-4-6-12(17-3)7-5-11/h4-7,10,14H,8-9H2,1-3H3,(H,15,16)/t10-/m0/s1. The summed E-state index contributed by atoms with van der Waals surface area (Å²) in [6, 6.07) is 7.73. The van der Waals surface area contributed by atoms with E-state index in [0.717, 1.165) is 11.3 Å². The fourth-order valence-electron chi connectivity index (χ4n) is 1.53. The molecule has 2 N–H and O–H groups in total. The van der Waals surface area contributed by atoms with Gasteiger partial charge in [0, 0.05) is 13.0 Å². The Hall–Kier alpha value is -1.55. The van der Waals surface area contributed by atoms with Gasteiger partial charge in [-0.2, -0.15) is 0 Å². The number of hydrogen-bond acceptors (Lipinski definition) is 3. The second kappa shape index (κ2) is 6.91. The molecule has 0 saturated heterocycles. The van der Waals surface area contributed by atoms with Crippen molar-refractivity contribution >= 4 is 5.91 Å². The summed E-state index contributed by atoms with van der Waals surface area (Å²) in [6.07, 6.45) is 0.497. The first kappa shape index (κ1) is 13.5. The van der Waals surface area contributed by atoms with Gasteiger partial charge in [-0.1, -0.05) is 12.1 Å². The summed E-state index contributed by atoms with van der Waals surface area (Å²) in [4.78, 5) is 11.5. The average Bonchev–Trinajstić information content (AvgIpc) is 2.36. The minimum atomic E-state index is 0.0188. The lowest BCUT2D eigenvalue weighted by Crippen LogP contribution is -2.28. The van der Waals surface area contributed by atoms with Crippen molar-refractivity contribution in [2.45, 2.75) is 19.4 Å². The predicted octanol–water partition coefficient (Wildman–Crippen LogP) is 1.48. The summed E-state index contributed by atoms with van der Waals surface area (Å²) in [7, 11) is 3.47. The Morgan fingerprint density at radius 2 is 2.00 bits per heavy atom. The molecule has 0 unspecified atom stereocenters. The molecule has 1 aromatic carbocycles. The largest absolute Gasteiger partial charge is 0.497 e. The third kappa shape index (κ3) is 4.44. The van der Waals surface area contributed by atoms with Crippen LogP contribution in [-0.2, 0) is 4.79 Å². The number of amides is 1. The van der Waals surface area contributed by atoms with E-state index in [1.807, 2.05) is 38.2 Å². The fraction of sp³-hybridized carbons (Fsp3) is 0.462. The second-order valence-electron chi connectivity index (χ2n) is 3.92. The Balaban J connectivity index is 2.51. The molecule has 94 valence electrons. The first-order valence-corrected chi connectivity index (χ1v) is 5.75. The molecule has 0 aliphatic carbocycles. The summed E-state index contributed by atoms with van der Waals surface area (Å²) in [5.41, 5.74) is 1.07. The molecular weight excluding hydrogens is 216 g/mol. The number of rotatable bonds is 6. The van der Waals surface area contributed by atoms with Crippen molar-refractivity contribution < 1.29 is 9.53 Å². The number of nitrogens with one attached hydrogen (secondary N) is 2. The third-order valence-electron chi connectivity index (χ3n) is 2.60. The Bertz CT molecular complexity index is 349. The van der Waals surface area contributed by atoms with Gasteiger partial charge in [-0.05, 0) is 31.7 Å². The van der Waals surface area contributed by atoms with Crippen LogP contribution in [-0.4, -0.2) is 26.6 Å². The van der Waals surface area contributed by atoms with Crippen LogP contribution in [0, 0.1) is 0 Å². The molecule has 0 radical (unpaired) electrons. The number of hydrogen-bond donors (Lipinski definition) is 2. The predicted molar refractivity (Wildman–Crippen MR) is 68.1 cm³/mol. The van der Waals surface area contributed by atoms with Gasteiger partial charge in [0.1, 0.15) is 5.75 Å². The molecule has 0 aliphatic heterocycles. The van der Waals surface area contributed by atoms with Crippen molar-refractivity contribution in [3.05, 3.63) is 29.8 Å². The van der Waals surface area contributed by atoms with E-state index in [2.05, 4.69) is 10.6 Å². The summed E-state index contributed by atoms with van der Waals surface area (Å²) in [5.74, 6) is 0.880. The quantitative estimate of drug-likeness (QED) is 0.786. The number of carbonyl (C=O) groups is 1. The zero-order valence-electron chi connectivity index (χ0n) is 10.6. The molecule has 0 spiro atoms. The lowest BCUT2D eigenvalue weighted by Gasteiger charge is -2.14. The van der Waals surface area contributed by atoms with Gasteiger partial charge in [-0.15, -0.1) is 0 Å². The van der Waals surface area contributed by atoms with Crippen molar-refractivity contribution in [2.24, 2.45) is 0 Å². The van der Waals surface area contributed by atoms with E-state index in [4.69, 9.17) is 4.74 Å².